The summed E-state index contributed by atoms with van der Waals surface area (Å²) in [5, 5.41) is 36.8. The van der Waals surface area contributed by atoms with Gasteiger partial charge >= 0.3 is 11.9 Å². The van der Waals surface area contributed by atoms with E-state index in [1.165, 1.54) is 13.8 Å². The van der Waals surface area contributed by atoms with Gasteiger partial charge in [-0.2, -0.15) is 0 Å². The molecule has 4 amide bonds. The van der Waals surface area contributed by atoms with Crippen molar-refractivity contribution in [3.8, 4) is 0 Å². The molecule has 0 heterocycles. The molecule has 0 spiro atoms. The molecular weight excluding hydrogens is 490 g/mol. The van der Waals surface area contributed by atoms with E-state index in [2.05, 4.69) is 21.3 Å². The van der Waals surface area contributed by atoms with Gasteiger partial charge < -0.3 is 42.3 Å². The van der Waals surface area contributed by atoms with Crippen LogP contribution in [0, 0.1) is 11.8 Å². The number of nitrogens with two attached hydrogens (primary N) is 1. The molecule has 0 aliphatic heterocycles. The average Bonchev–Trinajstić information content (AvgIpc) is 2.78. The minimum Gasteiger partial charge on any atom is -0.481 e. The van der Waals surface area contributed by atoms with Crippen LogP contribution in [0.25, 0.3) is 0 Å². The highest BCUT2D eigenvalue weighted by Gasteiger charge is 2.37. The van der Waals surface area contributed by atoms with Gasteiger partial charge in [-0.15, -0.1) is 0 Å². The number of hydrogen-bond acceptors (Lipinski definition) is 8. The van der Waals surface area contributed by atoms with Gasteiger partial charge in [-0.3, -0.25) is 24.0 Å². The summed E-state index contributed by atoms with van der Waals surface area (Å²) in [6.07, 6.45) is -0.254. The van der Waals surface area contributed by atoms with E-state index >= 15 is 0 Å². The Balaban J connectivity index is 5.66. The highest BCUT2D eigenvalue weighted by atomic mass is 16.4. The van der Waals surface area contributed by atoms with Crippen LogP contribution in [0.2, 0.25) is 0 Å². The molecule has 0 aromatic rings. The fraction of sp³-hybridized carbons (Fsp3) is 0.739. The summed E-state index contributed by atoms with van der Waals surface area (Å²) < 4.78 is 0. The first-order valence-electron chi connectivity index (χ1n) is 12.0. The fourth-order valence-corrected chi connectivity index (χ4v) is 3.18. The maximum absolute atomic E-state index is 13.1. The van der Waals surface area contributed by atoms with Crippen LogP contribution in [0.15, 0.2) is 0 Å². The Morgan fingerprint density at radius 1 is 0.865 bits per heavy atom. The molecule has 0 unspecified atom stereocenters. The summed E-state index contributed by atoms with van der Waals surface area (Å²) >= 11 is 0. The first-order valence-corrected chi connectivity index (χ1v) is 12.0. The van der Waals surface area contributed by atoms with Crippen molar-refractivity contribution in [3.05, 3.63) is 0 Å². The first-order chi connectivity index (χ1) is 17.0. The third-order valence-electron chi connectivity index (χ3n) is 5.65. The number of hydrogen-bond donors (Lipinski definition) is 8. The molecule has 0 radical (unpaired) electrons. The summed E-state index contributed by atoms with van der Waals surface area (Å²) in [4.78, 5) is 73.3. The van der Waals surface area contributed by atoms with Crippen molar-refractivity contribution in [2.24, 2.45) is 17.6 Å². The minimum absolute atomic E-state index is 0.103. The van der Waals surface area contributed by atoms with Crippen LogP contribution in [0.4, 0.5) is 0 Å². The van der Waals surface area contributed by atoms with E-state index in [4.69, 9.17) is 15.9 Å². The van der Waals surface area contributed by atoms with Crippen LogP contribution in [0.3, 0.4) is 0 Å². The van der Waals surface area contributed by atoms with Crippen molar-refractivity contribution < 1.29 is 44.1 Å². The van der Waals surface area contributed by atoms with E-state index in [9.17, 15) is 33.9 Å². The molecular formula is C23H41N5O9. The second-order valence-electron chi connectivity index (χ2n) is 9.93. The molecule has 0 aromatic heterocycles. The van der Waals surface area contributed by atoms with E-state index in [-0.39, 0.29) is 18.3 Å². The molecule has 5 atom stereocenters. The molecule has 0 saturated heterocycles. The Labute approximate surface area is 216 Å². The summed E-state index contributed by atoms with van der Waals surface area (Å²) in [5.41, 5.74) is 3.95. The zero-order valence-corrected chi connectivity index (χ0v) is 22.2. The number of carboxylic acids is 2. The van der Waals surface area contributed by atoms with Crippen LogP contribution in [0.1, 0.15) is 60.8 Å². The van der Waals surface area contributed by atoms with Crippen molar-refractivity contribution >= 4 is 35.6 Å². The first kappa shape index (κ1) is 33.7. The molecule has 0 aromatic carbocycles. The lowest BCUT2D eigenvalue weighted by molar-refractivity contribution is -0.147. The Morgan fingerprint density at radius 3 is 1.86 bits per heavy atom. The lowest BCUT2D eigenvalue weighted by atomic mass is 9.95. The lowest BCUT2D eigenvalue weighted by Crippen LogP contribution is -2.63. The molecule has 37 heavy (non-hydrogen) atoms. The van der Waals surface area contributed by atoms with Crippen LogP contribution < -0.4 is 27.0 Å². The van der Waals surface area contributed by atoms with Gasteiger partial charge in [0.15, 0.2) is 0 Å². The quantitative estimate of drug-likeness (QED) is 0.112. The average molecular weight is 532 g/mol. The number of rotatable bonds is 16. The number of nitrogens with one attached hydrogen (secondary N) is 4. The predicted molar refractivity (Wildman–Crippen MR) is 132 cm³/mol. The van der Waals surface area contributed by atoms with Crippen LogP contribution in [-0.4, -0.2) is 87.2 Å². The molecule has 9 N–H and O–H groups in total. The van der Waals surface area contributed by atoms with Crippen molar-refractivity contribution in [1.82, 2.24) is 21.3 Å². The second kappa shape index (κ2) is 15.1. The van der Waals surface area contributed by atoms with Gasteiger partial charge in [0, 0.05) is 0 Å². The van der Waals surface area contributed by atoms with Crippen molar-refractivity contribution in [2.45, 2.75) is 90.5 Å². The molecule has 0 saturated carbocycles. The summed E-state index contributed by atoms with van der Waals surface area (Å²) in [7, 11) is 0. The molecule has 14 heteroatoms. The van der Waals surface area contributed by atoms with E-state index < -0.39 is 78.3 Å². The zero-order valence-electron chi connectivity index (χ0n) is 22.2. The zero-order chi connectivity index (χ0) is 29.1. The SMILES string of the molecule is CC[C@H](C)[C@H](NC(=O)[C@@H](N)CO)C(=O)NC(C)(C)C(=O)N[C@@H](CC(C)C)C(=O)N[C@@H](CC(=O)O)C(=O)O. The monoisotopic (exact) mass is 531 g/mol. The largest absolute Gasteiger partial charge is 0.481 e. The van der Waals surface area contributed by atoms with E-state index in [1.54, 1.807) is 27.7 Å². The molecule has 0 aliphatic rings. The highest BCUT2D eigenvalue weighted by Crippen LogP contribution is 2.13. The molecule has 0 bridgehead atoms. The Bertz CT molecular complexity index is 846. The number of amides is 4. The Morgan fingerprint density at radius 2 is 1.43 bits per heavy atom. The van der Waals surface area contributed by atoms with E-state index in [0.29, 0.717) is 6.42 Å². The van der Waals surface area contributed by atoms with Crippen LogP contribution in [0.5, 0.6) is 0 Å². The summed E-state index contributed by atoms with van der Waals surface area (Å²) in [6, 6.07) is -5.22. The molecule has 212 valence electrons. The number of aliphatic hydroxyl groups is 1. The predicted octanol–water partition coefficient (Wildman–Crippen LogP) is -1.69. The number of carboxylic acid groups (broad SMARTS) is 2. The number of aliphatic hydroxyl groups excluding tert-OH is 1. The van der Waals surface area contributed by atoms with Crippen LogP contribution in [-0.2, 0) is 28.8 Å². The number of aliphatic carboxylic acids is 2. The molecule has 0 rings (SSSR count). The third kappa shape index (κ3) is 11.6. The maximum atomic E-state index is 13.1. The molecule has 14 nitrogen and oxygen atoms in total. The van der Waals surface area contributed by atoms with Crippen molar-refractivity contribution in [1.29, 1.82) is 0 Å². The fourth-order valence-electron chi connectivity index (χ4n) is 3.18. The lowest BCUT2D eigenvalue weighted by Gasteiger charge is -2.32. The maximum Gasteiger partial charge on any atom is 0.326 e. The molecule has 0 fully saturated rings. The van der Waals surface area contributed by atoms with Crippen molar-refractivity contribution in [3.63, 3.8) is 0 Å². The standard InChI is InChI=1S/C23H41N5O9/c1-7-12(4)17(27-18(32)13(24)10-29)20(34)28-23(5,6)22(37)26-14(8-11(2)3)19(33)25-15(21(35)36)9-16(30)31/h11-15,17,29H,7-10,24H2,1-6H3,(H,25,33)(H,26,37)(H,27,32)(H,28,34)(H,30,31)(H,35,36)/t12-,13-,14-,15-,17-/m0/s1. The van der Waals surface area contributed by atoms with Gasteiger partial charge in [0.25, 0.3) is 0 Å². The topological polar surface area (TPSA) is 237 Å². The second-order valence-corrected chi connectivity index (χ2v) is 9.93. The normalized spacial score (nSPS) is 15.5. The Kier molecular flexibility index (Phi) is 13.8. The minimum atomic E-state index is -1.70. The number of carbonyl (C=O) groups excluding carboxylic acids is 4. The summed E-state index contributed by atoms with van der Waals surface area (Å²) in [5.74, 6) is -6.53. The highest BCUT2D eigenvalue weighted by molar-refractivity contribution is 5.97. The van der Waals surface area contributed by atoms with Gasteiger partial charge in [-0.25, -0.2) is 4.79 Å². The van der Waals surface area contributed by atoms with E-state index in [0.717, 1.165) is 0 Å². The van der Waals surface area contributed by atoms with E-state index in [1.807, 2.05) is 0 Å². The summed E-state index contributed by atoms with van der Waals surface area (Å²) in [6.45, 7) is 9.17. The van der Waals surface area contributed by atoms with Gasteiger partial charge in [0.05, 0.1) is 13.0 Å². The molecule has 0 aliphatic carbocycles. The van der Waals surface area contributed by atoms with Crippen LogP contribution >= 0.6 is 0 Å². The smallest absolute Gasteiger partial charge is 0.326 e. The third-order valence-corrected chi connectivity index (χ3v) is 5.65. The van der Waals surface area contributed by atoms with Gasteiger partial charge in [-0.05, 0) is 32.1 Å². The van der Waals surface area contributed by atoms with Gasteiger partial charge in [0.1, 0.15) is 29.7 Å². The van der Waals surface area contributed by atoms with Crippen molar-refractivity contribution in [2.75, 3.05) is 6.61 Å². The van der Waals surface area contributed by atoms with Gasteiger partial charge in [-0.1, -0.05) is 34.1 Å². The van der Waals surface area contributed by atoms with Gasteiger partial charge in [0.2, 0.25) is 23.6 Å². The number of carbonyl (C=O) groups is 6. The Hall–Kier alpha value is -3.26.